The van der Waals surface area contributed by atoms with E-state index >= 15 is 0 Å². The van der Waals surface area contributed by atoms with Crippen molar-refractivity contribution < 1.29 is 14.0 Å². The number of carbonyl (C=O) groups excluding carboxylic acids is 2. The molecule has 1 saturated heterocycles. The van der Waals surface area contributed by atoms with Crippen molar-refractivity contribution in [1.82, 2.24) is 14.5 Å². The monoisotopic (exact) mass is 432 g/mol. The van der Waals surface area contributed by atoms with E-state index in [1.54, 1.807) is 34.1 Å². The Hall–Kier alpha value is -3.74. The molecule has 1 unspecified atom stereocenters. The number of hydrogen-bond donors (Lipinski definition) is 0. The summed E-state index contributed by atoms with van der Waals surface area (Å²) in [4.78, 5) is 33.9. The maximum absolute atomic E-state index is 13.3. The molecule has 1 aromatic heterocycles. The van der Waals surface area contributed by atoms with Crippen LogP contribution >= 0.6 is 0 Å². The van der Waals surface area contributed by atoms with Crippen LogP contribution in [0.5, 0.6) is 0 Å². The topological polar surface area (TPSA) is 58.4 Å². The van der Waals surface area contributed by atoms with E-state index in [1.165, 1.54) is 12.1 Å². The van der Waals surface area contributed by atoms with Gasteiger partial charge >= 0.3 is 0 Å². The van der Waals surface area contributed by atoms with Gasteiger partial charge in [-0.1, -0.05) is 24.3 Å². The summed E-state index contributed by atoms with van der Waals surface area (Å²) in [5.41, 5.74) is 2.28. The average Bonchev–Trinajstić information content (AvgIpc) is 3.35. The highest BCUT2D eigenvalue weighted by molar-refractivity contribution is 5.96. The van der Waals surface area contributed by atoms with E-state index in [0.29, 0.717) is 31.1 Å². The molecule has 164 valence electrons. The van der Waals surface area contributed by atoms with Gasteiger partial charge in [0.05, 0.1) is 11.0 Å². The molecule has 0 N–H and O–H groups in total. The SMILES string of the molecule is C=CCN(CC=C)C(=O)Cn1c(C2CC(=O)N(c3ccc(F)cc3)C2)nc2ccccc21. The first-order valence-corrected chi connectivity index (χ1v) is 10.5. The predicted molar refractivity (Wildman–Crippen MR) is 123 cm³/mol. The normalized spacial score (nSPS) is 15.8. The van der Waals surface area contributed by atoms with Crippen LogP contribution in [-0.4, -0.2) is 45.9 Å². The van der Waals surface area contributed by atoms with Crippen molar-refractivity contribution in [2.45, 2.75) is 18.9 Å². The number of aromatic nitrogens is 2. The number of fused-ring (bicyclic) bond motifs is 1. The molecule has 0 radical (unpaired) electrons. The second-order valence-electron chi connectivity index (χ2n) is 7.80. The Balaban J connectivity index is 1.66. The third-order valence-corrected chi connectivity index (χ3v) is 5.66. The number of carbonyl (C=O) groups is 2. The average molecular weight is 432 g/mol. The fourth-order valence-corrected chi connectivity index (χ4v) is 4.15. The van der Waals surface area contributed by atoms with Crippen LogP contribution < -0.4 is 4.90 Å². The number of amides is 2. The molecule has 2 aromatic carbocycles. The largest absolute Gasteiger partial charge is 0.334 e. The third kappa shape index (κ3) is 4.19. The zero-order valence-electron chi connectivity index (χ0n) is 17.8. The first kappa shape index (κ1) is 21.5. The number of benzene rings is 2. The number of para-hydroxylation sites is 2. The minimum Gasteiger partial charge on any atom is -0.334 e. The fraction of sp³-hybridized carbons (Fsp3) is 0.240. The van der Waals surface area contributed by atoms with Crippen molar-refractivity contribution in [2.24, 2.45) is 0 Å². The molecule has 0 bridgehead atoms. The first-order valence-electron chi connectivity index (χ1n) is 10.5. The lowest BCUT2D eigenvalue weighted by Crippen LogP contribution is -2.34. The fourth-order valence-electron chi connectivity index (χ4n) is 4.15. The Kier molecular flexibility index (Phi) is 6.16. The van der Waals surface area contributed by atoms with Crippen LogP contribution in [-0.2, 0) is 16.1 Å². The summed E-state index contributed by atoms with van der Waals surface area (Å²) in [6.07, 6.45) is 3.65. The number of hydrogen-bond acceptors (Lipinski definition) is 3. The van der Waals surface area contributed by atoms with Crippen LogP contribution in [0, 0.1) is 5.82 Å². The molecule has 7 heteroatoms. The molecule has 2 amide bonds. The summed E-state index contributed by atoms with van der Waals surface area (Å²) < 4.78 is 15.2. The molecule has 4 rings (SSSR count). The molecule has 1 atom stereocenters. The molecule has 0 saturated carbocycles. The van der Waals surface area contributed by atoms with Crippen LogP contribution in [0.1, 0.15) is 18.2 Å². The maximum Gasteiger partial charge on any atom is 0.243 e. The third-order valence-electron chi connectivity index (χ3n) is 5.66. The Morgan fingerprint density at radius 2 is 1.81 bits per heavy atom. The van der Waals surface area contributed by atoms with Crippen LogP contribution in [0.15, 0.2) is 73.8 Å². The number of imidazole rings is 1. The molecular weight excluding hydrogens is 407 g/mol. The lowest BCUT2D eigenvalue weighted by molar-refractivity contribution is -0.130. The summed E-state index contributed by atoms with van der Waals surface area (Å²) in [6, 6.07) is 13.5. The highest BCUT2D eigenvalue weighted by atomic mass is 19.1. The van der Waals surface area contributed by atoms with Crippen molar-refractivity contribution in [2.75, 3.05) is 24.5 Å². The quantitative estimate of drug-likeness (QED) is 0.508. The van der Waals surface area contributed by atoms with E-state index in [2.05, 4.69) is 13.2 Å². The first-order chi connectivity index (χ1) is 15.5. The van der Waals surface area contributed by atoms with E-state index in [-0.39, 0.29) is 36.5 Å². The number of rotatable bonds is 8. The predicted octanol–water partition coefficient (Wildman–Crippen LogP) is 3.90. The molecule has 1 aliphatic heterocycles. The standard InChI is InChI=1S/C25H25FN4O2/c1-3-13-28(14-4-2)24(32)17-30-22-8-6-5-7-21(22)27-25(30)18-15-23(31)29(16-18)20-11-9-19(26)10-12-20/h3-12,18H,1-2,13-17H2. The molecule has 0 spiro atoms. The zero-order valence-corrected chi connectivity index (χ0v) is 17.8. The maximum atomic E-state index is 13.3. The van der Waals surface area contributed by atoms with Crippen molar-refractivity contribution in [3.05, 3.63) is 85.5 Å². The highest BCUT2D eigenvalue weighted by Gasteiger charge is 2.35. The summed E-state index contributed by atoms with van der Waals surface area (Å²) in [5, 5.41) is 0. The highest BCUT2D eigenvalue weighted by Crippen LogP contribution is 2.33. The van der Waals surface area contributed by atoms with Gasteiger partial charge in [-0.3, -0.25) is 9.59 Å². The smallest absolute Gasteiger partial charge is 0.243 e. The Morgan fingerprint density at radius 3 is 2.50 bits per heavy atom. The number of nitrogens with zero attached hydrogens (tertiary/aromatic N) is 4. The van der Waals surface area contributed by atoms with Crippen molar-refractivity contribution in [3.8, 4) is 0 Å². The molecule has 0 aliphatic carbocycles. The van der Waals surface area contributed by atoms with Crippen molar-refractivity contribution >= 4 is 28.5 Å². The van der Waals surface area contributed by atoms with Gasteiger partial charge in [-0.15, -0.1) is 13.2 Å². The van der Waals surface area contributed by atoms with Gasteiger partial charge in [-0.2, -0.15) is 0 Å². The van der Waals surface area contributed by atoms with Gasteiger partial charge in [0.25, 0.3) is 0 Å². The van der Waals surface area contributed by atoms with Gasteiger partial charge in [0.15, 0.2) is 0 Å². The minimum atomic E-state index is -0.346. The lowest BCUT2D eigenvalue weighted by Gasteiger charge is -2.21. The van der Waals surface area contributed by atoms with Gasteiger partial charge < -0.3 is 14.4 Å². The van der Waals surface area contributed by atoms with E-state index in [1.807, 2.05) is 28.8 Å². The van der Waals surface area contributed by atoms with E-state index in [4.69, 9.17) is 4.98 Å². The second kappa shape index (κ2) is 9.18. The Bertz CT molecular complexity index is 1160. The van der Waals surface area contributed by atoms with Crippen molar-refractivity contribution in [3.63, 3.8) is 0 Å². The Labute approximate surface area is 186 Å². The minimum absolute atomic E-state index is 0.0496. The van der Waals surface area contributed by atoms with Crippen LogP contribution in [0.3, 0.4) is 0 Å². The van der Waals surface area contributed by atoms with Gasteiger partial charge in [-0.25, -0.2) is 9.37 Å². The van der Waals surface area contributed by atoms with Gasteiger partial charge in [0.2, 0.25) is 11.8 Å². The van der Waals surface area contributed by atoms with Gasteiger partial charge in [0.1, 0.15) is 18.2 Å². The molecule has 32 heavy (non-hydrogen) atoms. The van der Waals surface area contributed by atoms with Gasteiger partial charge in [0, 0.05) is 37.7 Å². The van der Waals surface area contributed by atoms with Crippen LogP contribution in [0.4, 0.5) is 10.1 Å². The number of anilines is 1. The summed E-state index contributed by atoms with van der Waals surface area (Å²) in [7, 11) is 0. The van der Waals surface area contributed by atoms with Crippen molar-refractivity contribution in [1.29, 1.82) is 0 Å². The van der Waals surface area contributed by atoms with E-state index in [0.717, 1.165) is 11.0 Å². The van der Waals surface area contributed by atoms with Crippen LogP contribution in [0.2, 0.25) is 0 Å². The summed E-state index contributed by atoms with van der Waals surface area (Å²) >= 11 is 0. The van der Waals surface area contributed by atoms with Gasteiger partial charge in [-0.05, 0) is 36.4 Å². The van der Waals surface area contributed by atoms with E-state index < -0.39 is 0 Å². The Morgan fingerprint density at radius 1 is 1.12 bits per heavy atom. The molecule has 2 heterocycles. The summed E-state index contributed by atoms with van der Waals surface area (Å²) in [6.45, 7) is 8.84. The zero-order chi connectivity index (χ0) is 22.7. The molecular formula is C25H25FN4O2. The number of halogens is 1. The molecule has 1 fully saturated rings. The molecule has 3 aromatic rings. The molecule has 6 nitrogen and oxygen atoms in total. The van der Waals surface area contributed by atoms with E-state index in [9.17, 15) is 14.0 Å². The second-order valence-corrected chi connectivity index (χ2v) is 7.80. The molecule has 1 aliphatic rings. The lowest BCUT2D eigenvalue weighted by atomic mass is 10.1. The van der Waals surface area contributed by atoms with Crippen LogP contribution in [0.25, 0.3) is 11.0 Å². The summed E-state index contributed by atoms with van der Waals surface area (Å²) in [5.74, 6) is 0.0518.